The van der Waals surface area contributed by atoms with Crippen molar-refractivity contribution in [2.24, 2.45) is 0 Å². The van der Waals surface area contributed by atoms with Crippen LogP contribution in [0.3, 0.4) is 0 Å². The van der Waals surface area contributed by atoms with E-state index in [0.29, 0.717) is 26.3 Å². The fourth-order valence-corrected chi connectivity index (χ4v) is 5.44. The van der Waals surface area contributed by atoms with Crippen LogP contribution in [0, 0.1) is 0 Å². The summed E-state index contributed by atoms with van der Waals surface area (Å²) < 4.78 is 7.10. The Hall–Kier alpha value is -3.89. The van der Waals surface area contributed by atoms with Gasteiger partial charge in [0.2, 0.25) is 11.8 Å². The van der Waals surface area contributed by atoms with E-state index >= 15 is 0 Å². The molecule has 10 heteroatoms. The largest absolute Gasteiger partial charge is 0.378 e. The second-order valence-corrected chi connectivity index (χ2v) is 10.2. The average Bonchev–Trinajstić information content (AvgIpc) is 3.41. The topological polar surface area (TPSA) is 101 Å². The van der Waals surface area contributed by atoms with Crippen molar-refractivity contribution in [3.05, 3.63) is 76.8 Å². The van der Waals surface area contributed by atoms with Crippen LogP contribution in [0.4, 0.5) is 4.79 Å². The third kappa shape index (κ3) is 5.51. The van der Waals surface area contributed by atoms with Crippen LogP contribution < -0.4 is 5.32 Å². The Morgan fingerprint density at radius 1 is 1.03 bits per heavy atom. The zero-order chi connectivity index (χ0) is 26.6. The minimum atomic E-state index is -0.493. The van der Waals surface area contributed by atoms with Gasteiger partial charge in [0.15, 0.2) is 0 Å². The third-order valence-electron chi connectivity index (χ3n) is 6.63. The molecular weight excluding hydrogens is 504 g/mol. The summed E-state index contributed by atoms with van der Waals surface area (Å²) in [5, 5.41) is 3.41. The molecule has 1 N–H and O–H groups in total. The second-order valence-electron chi connectivity index (χ2n) is 9.19. The molecule has 0 saturated carbocycles. The first-order valence-electron chi connectivity index (χ1n) is 12.4. The van der Waals surface area contributed by atoms with E-state index in [1.54, 1.807) is 11.0 Å². The monoisotopic (exact) mass is 532 g/mol. The van der Waals surface area contributed by atoms with Crippen molar-refractivity contribution < 1.29 is 23.9 Å². The Morgan fingerprint density at radius 2 is 1.74 bits per heavy atom. The van der Waals surface area contributed by atoms with Gasteiger partial charge in [-0.2, -0.15) is 0 Å². The van der Waals surface area contributed by atoms with E-state index < -0.39 is 11.1 Å². The number of fused-ring (bicyclic) bond motifs is 1. The summed E-state index contributed by atoms with van der Waals surface area (Å²) >= 11 is 0.818. The molecule has 196 valence electrons. The maximum absolute atomic E-state index is 13.1. The van der Waals surface area contributed by atoms with Crippen LogP contribution in [0.25, 0.3) is 17.0 Å². The molecule has 5 rings (SSSR count). The van der Waals surface area contributed by atoms with Gasteiger partial charge in [-0.3, -0.25) is 24.1 Å². The number of para-hydroxylation sites is 1. The quantitative estimate of drug-likeness (QED) is 0.468. The van der Waals surface area contributed by atoms with Gasteiger partial charge in [-0.05, 0) is 36.4 Å². The smallest absolute Gasteiger partial charge is 0.294 e. The Bertz CT molecular complexity index is 1410. The molecule has 2 aliphatic rings. The van der Waals surface area contributed by atoms with Crippen LogP contribution in [-0.2, 0) is 25.7 Å². The molecule has 3 aromatic rings. The van der Waals surface area contributed by atoms with Gasteiger partial charge in [0.05, 0.1) is 24.2 Å². The number of aromatic nitrogens is 1. The number of carbonyl (C=O) groups is 4. The van der Waals surface area contributed by atoms with Gasteiger partial charge < -0.3 is 19.5 Å². The van der Waals surface area contributed by atoms with Crippen LogP contribution in [0.5, 0.6) is 0 Å². The van der Waals surface area contributed by atoms with Crippen LogP contribution in [0.15, 0.2) is 65.7 Å². The van der Waals surface area contributed by atoms with Crippen molar-refractivity contribution in [2.45, 2.75) is 19.5 Å². The van der Waals surface area contributed by atoms with Crippen LogP contribution >= 0.6 is 11.8 Å². The first-order chi connectivity index (χ1) is 18.4. The SMILES string of the molecule is CC(NC(=O)Cn1cc(/C=C2\SC(=O)N(CC(=O)N3CCOCC3)C2=O)c2ccccc21)c1ccccc1. The number of hydrogen-bond acceptors (Lipinski definition) is 6. The number of imide groups is 1. The lowest BCUT2D eigenvalue weighted by molar-refractivity contribution is -0.139. The Kier molecular flexibility index (Phi) is 7.62. The minimum Gasteiger partial charge on any atom is -0.378 e. The van der Waals surface area contributed by atoms with Gasteiger partial charge in [0.25, 0.3) is 11.1 Å². The highest BCUT2D eigenvalue weighted by Gasteiger charge is 2.37. The zero-order valence-electron chi connectivity index (χ0n) is 21.0. The predicted octanol–water partition coefficient (Wildman–Crippen LogP) is 3.41. The summed E-state index contributed by atoms with van der Waals surface area (Å²) in [6, 6.07) is 17.2. The number of rotatable bonds is 7. The molecule has 2 aliphatic heterocycles. The molecule has 38 heavy (non-hydrogen) atoms. The highest BCUT2D eigenvalue weighted by molar-refractivity contribution is 8.18. The number of carbonyl (C=O) groups excluding carboxylic acids is 4. The number of amides is 4. The number of benzene rings is 2. The standard InChI is InChI=1S/C28H28N4O5S/c1-19(20-7-3-2-4-8-20)29-25(33)17-31-16-21(22-9-5-6-10-23(22)31)15-24-27(35)32(28(36)38-24)18-26(34)30-11-13-37-14-12-30/h2-10,15-16,19H,11-14,17-18H2,1H3,(H,29,33)/b24-15-. The van der Waals surface area contributed by atoms with Crippen molar-refractivity contribution in [2.75, 3.05) is 32.8 Å². The van der Waals surface area contributed by atoms with Crippen molar-refractivity contribution >= 4 is 51.7 Å². The molecule has 0 bridgehead atoms. The third-order valence-corrected chi connectivity index (χ3v) is 7.54. The summed E-state index contributed by atoms with van der Waals surface area (Å²) in [5.74, 6) is -0.910. The lowest BCUT2D eigenvalue weighted by atomic mass is 10.1. The number of nitrogens with zero attached hydrogens (tertiary/aromatic N) is 3. The number of thioether (sulfide) groups is 1. The van der Waals surface area contributed by atoms with E-state index in [1.807, 2.05) is 72.3 Å². The molecule has 2 aromatic carbocycles. The summed E-state index contributed by atoms with van der Waals surface area (Å²) in [7, 11) is 0. The van der Waals surface area contributed by atoms with E-state index in [9.17, 15) is 19.2 Å². The highest BCUT2D eigenvalue weighted by Crippen LogP contribution is 2.34. The second kappa shape index (κ2) is 11.2. The molecule has 0 spiro atoms. The van der Waals surface area contributed by atoms with Gasteiger partial charge in [0, 0.05) is 35.8 Å². The summed E-state index contributed by atoms with van der Waals surface area (Å²) in [6.45, 7) is 3.53. The minimum absolute atomic E-state index is 0.0983. The van der Waals surface area contributed by atoms with Crippen molar-refractivity contribution in [1.29, 1.82) is 0 Å². The van der Waals surface area contributed by atoms with Crippen molar-refractivity contribution in [3.8, 4) is 0 Å². The molecule has 2 saturated heterocycles. The number of ether oxygens (including phenoxy) is 1. The summed E-state index contributed by atoms with van der Waals surface area (Å²) in [6.07, 6.45) is 3.47. The van der Waals surface area contributed by atoms with Gasteiger partial charge in [0.1, 0.15) is 13.1 Å². The summed E-state index contributed by atoms with van der Waals surface area (Å²) in [5.41, 5.74) is 2.57. The van der Waals surface area contributed by atoms with Crippen molar-refractivity contribution in [3.63, 3.8) is 0 Å². The highest BCUT2D eigenvalue weighted by atomic mass is 32.2. The van der Waals surface area contributed by atoms with E-state index in [4.69, 9.17) is 4.74 Å². The molecule has 3 heterocycles. The Balaban J connectivity index is 1.32. The molecule has 4 amide bonds. The normalized spacial score (nSPS) is 17.9. The molecule has 1 aromatic heterocycles. The number of nitrogens with one attached hydrogen (secondary N) is 1. The lowest BCUT2D eigenvalue weighted by Crippen LogP contribution is -2.46. The van der Waals surface area contributed by atoms with Crippen molar-refractivity contribution in [1.82, 2.24) is 19.7 Å². The van der Waals surface area contributed by atoms with Crippen LogP contribution in [0.1, 0.15) is 24.1 Å². The van der Waals surface area contributed by atoms with Gasteiger partial charge in [-0.25, -0.2) is 0 Å². The molecule has 0 radical (unpaired) electrons. The molecule has 1 atom stereocenters. The molecule has 0 aliphatic carbocycles. The van der Waals surface area contributed by atoms with Crippen LogP contribution in [0.2, 0.25) is 0 Å². The van der Waals surface area contributed by atoms with Gasteiger partial charge in [-0.15, -0.1) is 0 Å². The average molecular weight is 533 g/mol. The maximum Gasteiger partial charge on any atom is 0.294 e. The Labute approximate surface area is 224 Å². The van der Waals surface area contributed by atoms with E-state index in [1.165, 1.54) is 0 Å². The molecule has 9 nitrogen and oxygen atoms in total. The van der Waals surface area contributed by atoms with Crippen LogP contribution in [-0.4, -0.2) is 70.2 Å². The van der Waals surface area contributed by atoms with Gasteiger partial charge >= 0.3 is 0 Å². The van der Waals surface area contributed by atoms with Gasteiger partial charge in [-0.1, -0.05) is 48.5 Å². The fourth-order valence-electron chi connectivity index (χ4n) is 4.61. The maximum atomic E-state index is 13.1. The zero-order valence-corrected chi connectivity index (χ0v) is 21.8. The first kappa shape index (κ1) is 25.7. The summed E-state index contributed by atoms with van der Waals surface area (Å²) in [4.78, 5) is 54.0. The fraction of sp³-hybridized carbons (Fsp3) is 0.286. The number of hydrogen-bond donors (Lipinski definition) is 1. The Morgan fingerprint density at radius 3 is 2.50 bits per heavy atom. The number of morpholine rings is 1. The lowest BCUT2D eigenvalue weighted by Gasteiger charge is -2.28. The van der Waals surface area contributed by atoms with E-state index in [-0.39, 0.29) is 35.9 Å². The predicted molar refractivity (Wildman–Crippen MR) is 145 cm³/mol. The molecule has 2 fully saturated rings. The first-order valence-corrected chi connectivity index (χ1v) is 13.3. The van der Waals surface area contributed by atoms with E-state index in [2.05, 4.69) is 5.32 Å². The molecule has 1 unspecified atom stereocenters. The molecular formula is C28H28N4O5S. The van der Waals surface area contributed by atoms with E-state index in [0.717, 1.165) is 38.7 Å².